The van der Waals surface area contributed by atoms with Crippen molar-refractivity contribution in [3.05, 3.63) is 24.0 Å². The highest BCUT2D eigenvalue weighted by atomic mass is 16.5. The molecule has 0 N–H and O–H groups in total. The van der Waals surface area contributed by atoms with Crippen LogP contribution in [0.2, 0.25) is 0 Å². The van der Waals surface area contributed by atoms with Gasteiger partial charge in [-0.05, 0) is 13.8 Å². The molecule has 2 heterocycles. The molecule has 0 bridgehead atoms. The maximum atomic E-state index is 11.5. The Balaban J connectivity index is 2.33. The van der Waals surface area contributed by atoms with Gasteiger partial charge in [-0.1, -0.05) is 0 Å². The number of aromatic nitrogens is 3. The van der Waals surface area contributed by atoms with E-state index in [2.05, 4.69) is 9.97 Å². The van der Waals surface area contributed by atoms with Crippen molar-refractivity contribution in [2.75, 3.05) is 6.61 Å². The first-order valence-electron chi connectivity index (χ1n) is 5.24. The number of aryl methyl sites for hydroxylation is 2. The van der Waals surface area contributed by atoms with Crippen molar-refractivity contribution in [3.8, 4) is 11.6 Å². The lowest BCUT2D eigenvalue weighted by molar-refractivity contribution is 0.0490. The molecule has 0 aliphatic rings. The van der Waals surface area contributed by atoms with Crippen molar-refractivity contribution < 1.29 is 13.9 Å². The summed E-state index contributed by atoms with van der Waals surface area (Å²) in [6.07, 6.45) is 3.40. The molecular weight excluding hydrogens is 222 g/mol. The van der Waals surface area contributed by atoms with Gasteiger partial charge in [0.1, 0.15) is 5.69 Å². The van der Waals surface area contributed by atoms with Crippen molar-refractivity contribution in [2.45, 2.75) is 13.8 Å². The van der Waals surface area contributed by atoms with E-state index >= 15 is 0 Å². The number of ether oxygens (including phenoxy) is 1. The van der Waals surface area contributed by atoms with Gasteiger partial charge in [0.05, 0.1) is 18.6 Å². The topological polar surface area (TPSA) is 70.2 Å². The molecule has 0 fully saturated rings. The molecular formula is C11H13N3O3. The van der Waals surface area contributed by atoms with Gasteiger partial charge in [-0.3, -0.25) is 0 Å². The highest BCUT2D eigenvalue weighted by molar-refractivity contribution is 5.87. The largest absolute Gasteiger partial charge is 0.460 e. The Hall–Kier alpha value is -2.11. The fourth-order valence-electron chi connectivity index (χ4n) is 1.42. The summed E-state index contributed by atoms with van der Waals surface area (Å²) in [5.74, 6) is -0.0432. The lowest BCUT2D eigenvalue weighted by Gasteiger charge is -1.96. The second kappa shape index (κ2) is 4.40. The molecule has 90 valence electrons. The van der Waals surface area contributed by atoms with Crippen LogP contribution in [0, 0.1) is 6.92 Å². The second-order valence-corrected chi connectivity index (χ2v) is 3.58. The number of esters is 1. The second-order valence-electron chi connectivity index (χ2n) is 3.58. The molecule has 2 aromatic rings. The molecule has 0 amide bonds. The monoisotopic (exact) mass is 235 g/mol. The van der Waals surface area contributed by atoms with Crippen LogP contribution >= 0.6 is 0 Å². The molecule has 0 radical (unpaired) electrons. The summed E-state index contributed by atoms with van der Waals surface area (Å²) < 4.78 is 12.0. The van der Waals surface area contributed by atoms with Gasteiger partial charge < -0.3 is 13.7 Å². The van der Waals surface area contributed by atoms with Crippen LogP contribution in [-0.2, 0) is 11.8 Å². The third-order valence-electron chi connectivity index (χ3n) is 2.18. The molecule has 0 aromatic carbocycles. The van der Waals surface area contributed by atoms with E-state index in [4.69, 9.17) is 9.15 Å². The molecule has 6 nitrogen and oxygen atoms in total. The van der Waals surface area contributed by atoms with Crippen LogP contribution in [0.5, 0.6) is 0 Å². The van der Waals surface area contributed by atoms with Gasteiger partial charge in [0.25, 0.3) is 0 Å². The number of rotatable bonds is 3. The summed E-state index contributed by atoms with van der Waals surface area (Å²) in [7, 11) is 1.85. The first kappa shape index (κ1) is 11.4. The maximum Gasteiger partial charge on any atom is 0.376 e. The molecule has 0 unspecified atom stereocenters. The van der Waals surface area contributed by atoms with Crippen molar-refractivity contribution in [1.82, 2.24) is 14.5 Å². The van der Waals surface area contributed by atoms with E-state index in [9.17, 15) is 4.79 Å². The number of carbonyl (C=O) groups excluding carboxylic acids is 1. The summed E-state index contributed by atoms with van der Waals surface area (Å²) in [6.45, 7) is 3.74. The quantitative estimate of drug-likeness (QED) is 0.755. The smallest absolute Gasteiger partial charge is 0.376 e. The summed E-state index contributed by atoms with van der Waals surface area (Å²) in [5.41, 5.74) is 1.09. The minimum Gasteiger partial charge on any atom is -0.460 e. The molecule has 0 saturated carbocycles. The third kappa shape index (κ3) is 2.20. The van der Waals surface area contributed by atoms with Crippen molar-refractivity contribution in [1.29, 1.82) is 0 Å². The Morgan fingerprint density at radius 3 is 2.94 bits per heavy atom. The summed E-state index contributed by atoms with van der Waals surface area (Å²) in [4.78, 5) is 19.8. The number of imidazole rings is 1. The normalized spacial score (nSPS) is 10.5. The molecule has 6 heteroatoms. The van der Waals surface area contributed by atoms with Crippen molar-refractivity contribution in [2.24, 2.45) is 7.05 Å². The van der Waals surface area contributed by atoms with Crippen LogP contribution in [0.4, 0.5) is 0 Å². The van der Waals surface area contributed by atoms with E-state index in [0.29, 0.717) is 23.9 Å². The van der Waals surface area contributed by atoms with Gasteiger partial charge in [-0.25, -0.2) is 14.8 Å². The van der Waals surface area contributed by atoms with E-state index in [1.54, 1.807) is 30.9 Å². The van der Waals surface area contributed by atoms with E-state index in [-0.39, 0.29) is 5.76 Å². The first-order valence-corrected chi connectivity index (χ1v) is 5.24. The number of hydrogen-bond acceptors (Lipinski definition) is 5. The maximum absolute atomic E-state index is 11.5. The summed E-state index contributed by atoms with van der Waals surface area (Å²) >= 11 is 0. The Labute approximate surface area is 98.2 Å². The molecule has 2 rings (SSSR count). The molecule has 0 atom stereocenters. The average molecular weight is 235 g/mol. The summed E-state index contributed by atoms with van der Waals surface area (Å²) in [6, 6.07) is 0. The number of carbonyl (C=O) groups is 1. The Bertz CT molecular complexity index is 542. The zero-order chi connectivity index (χ0) is 12.4. The van der Waals surface area contributed by atoms with Crippen LogP contribution in [-0.4, -0.2) is 27.1 Å². The van der Waals surface area contributed by atoms with Gasteiger partial charge in [0, 0.05) is 13.2 Å². The zero-order valence-electron chi connectivity index (χ0n) is 9.93. The van der Waals surface area contributed by atoms with E-state index in [1.807, 2.05) is 7.05 Å². The van der Waals surface area contributed by atoms with Crippen LogP contribution in [0.25, 0.3) is 11.6 Å². The standard InChI is InChI=1S/C11H13N3O3/c1-4-16-11(15)9-7(2)13-10(17-9)8-5-14(3)6-12-8/h5-6H,4H2,1-3H3. The molecule has 2 aromatic heterocycles. The van der Waals surface area contributed by atoms with Gasteiger partial charge >= 0.3 is 5.97 Å². The van der Waals surface area contributed by atoms with Gasteiger partial charge in [0.15, 0.2) is 0 Å². The van der Waals surface area contributed by atoms with Crippen LogP contribution in [0.1, 0.15) is 23.2 Å². The van der Waals surface area contributed by atoms with Crippen LogP contribution in [0.3, 0.4) is 0 Å². The Morgan fingerprint density at radius 2 is 2.35 bits per heavy atom. The Kier molecular flexibility index (Phi) is 2.95. The number of oxazole rings is 1. The number of nitrogens with zero attached hydrogens (tertiary/aromatic N) is 3. The Morgan fingerprint density at radius 1 is 1.59 bits per heavy atom. The summed E-state index contributed by atoms with van der Waals surface area (Å²) in [5, 5.41) is 0. The van der Waals surface area contributed by atoms with Crippen molar-refractivity contribution in [3.63, 3.8) is 0 Å². The van der Waals surface area contributed by atoms with E-state index in [1.165, 1.54) is 0 Å². The fourth-order valence-corrected chi connectivity index (χ4v) is 1.42. The van der Waals surface area contributed by atoms with E-state index < -0.39 is 5.97 Å². The van der Waals surface area contributed by atoms with Gasteiger partial charge in [-0.2, -0.15) is 0 Å². The first-order chi connectivity index (χ1) is 8.11. The molecule has 0 aliphatic carbocycles. The molecule has 0 aliphatic heterocycles. The SMILES string of the molecule is CCOC(=O)c1oc(-c2cn(C)cn2)nc1C. The predicted molar refractivity (Wildman–Crippen MR) is 59.4 cm³/mol. The molecule has 0 spiro atoms. The van der Waals surface area contributed by atoms with Crippen LogP contribution < -0.4 is 0 Å². The highest BCUT2D eigenvalue weighted by Gasteiger charge is 2.20. The average Bonchev–Trinajstić information content (AvgIpc) is 2.85. The third-order valence-corrected chi connectivity index (χ3v) is 2.18. The fraction of sp³-hybridized carbons (Fsp3) is 0.364. The molecule has 0 saturated heterocycles. The zero-order valence-corrected chi connectivity index (χ0v) is 9.93. The highest BCUT2D eigenvalue weighted by Crippen LogP contribution is 2.20. The minimum atomic E-state index is -0.500. The molecule has 17 heavy (non-hydrogen) atoms. The minimum absolute atomic E-state index is 0.132. The van der Waals surface area contributed by atoms with Crippen molar-refractivity contribution >= 4 is 5.97 Å². The van der Waals surface area contributed by atoms with Gasteiger partial charge in [0.2, 0.25) is 11.7 Å². The number of hydrogen-bond donors (Lipinski definition) is 0. The van der Waals surface area contributed by atoms with E-state index in [0.717, 1.165) is 0 Å². The van der Waals surface area contributed by atoms with Crippen LogP contribution in [0.15, 0.2) is 16.9 Å². The lowest BCUT2D eigenvalue weighted by atomic mass is 10.4. The van der Waals surface area contributed by atoms with Gasteiger partial charge in [-0.15, -0.1) is 0 Å². The predicted octanol–water partition coefficient (Wildman–Crippen LogP) is 1.56. The lowest BCUT2D eigenvalue weighted by Crippen LogP contribution is -2.04.